The van der Waals surface area contributed by atoms with Gasteiger partial charge in [0.05, 0.1) is 30.4 Å². The first-order valence-electron chi connectivity index (χ1n) is 8.51. The summed E-state index contributed by atoms with van der Waals surface area (Å²) in [6, 6.07) is 15.1. The number of sulfonamides is 1. The van der Waals surface area contributed by atoms with Crippen LogP contribution in [0.1, 0.15) is 26.5 Å². The molecule has 1 amide bonds. The summed E-state index contributed by atoms with van der Waals surface area (Å²) in [5.41, 5.74) is 0.928. The van der Waals surface area contributed by atoms with Crippen LogP contribution in [-0.4, -0.2) is 27.4 Å². The highest BCUT2D eigenvalue weighted by Crippen LogP contribution is 2.16. The lowest BCUT2D eigenvalue weighted by Crippen LogP contribution is -2.23. The van der Waals surface area contributed by atoms with Crippen LogP contribution in [0, 0.1) is 0 Å². The summed E-state index contributed by atoms with van der Waals surface area (Å²) in [7, 11) is -2.47. The molecule has 1 heterocycles. The highest BCUT2D eigenvalue weighted by atomic mass is 32.2. The Hall–Kier alpha value is -3.43. The number of ether oxygens (including phenoxy) is 1. The molecule has 0 fully saturated rings. The monoisotopic (exact) mass is 414 g/mol. The second-order valence-corrected chi connectivity index (χ2v) is 7.72. The molecule has 1 aromatic heterocycles. The molecule has 0 radical (unpaired) electrons. The fraction of sp³-hybridized carbons (Fsp3) is 0.100. The molecular weight excluding hydrogens is 396 g/mol. The zero-order valence-electron chi connectivity index (χ0n) is 15.4. The average Bonchev–Trinajstić information content (AvgIpc) is 3.26. The van der Waals surface area contributed by atoms with E-state index in [0.29, 0.717) is 11.4 Å². The molecule has 0 spiro atoms. The molecule has 0 atom stereocenters. The quantitative estimate of drug-likeness (QED) is 0.575. The summed E-state index contributed by atoms with van der Waals surface area (Å²) < 4.78 is 36.8. The lowest BCUT2D eigenvalue weighted by atomic mass is 10.1. The van der Waals surface area contributed by atoms with Crippen LogP contribution in [0.5, 0.6) is 0 Å². The van der Waals surface area contributed by atoms with Gasteiger partial charge in [0.25, 0.3) is 5.91 Å². The topological polar surface area (TPSA) is 115 Å². The Morgan fingerprint density at radius 1 is 1.00 bits per heavy atom. The van der Waals surface area contributed by atoms with Gasteiger partial charge in [-0.25, -0.2) is 17.9 Å². The van der Waals surface area contributed by atoms with Gasteiger partial charge >= 0.3 is 5.97 Å². The number of esters is 1. The maximum absolute atomic E-state index is 12.4. The Balaban J connectivity index is 1.67. The predicted molar refractivity (Wildman–Crippen MR) is 105 cm³/mol. The molecule has 3 aromatic rings. The zero-order chi connectivity index (χ0) is 20.9. The molecule has 150 valence electrons. The Morgan fingerprint density at radius 3 is 2.38 bits per heavy atom. The highest BCUT2D eigenvalue weighted by Gasteiger charge is 2.15. The molecule has 9 heteroatoms. The Morgan fingerprint density at radius 2 is 1.72 bits per heavy atom. The van der Waals surface area contributed by atoms with Crippen molar-refractivity contribution in [3.05, 3.63) is 83.8 Å². The predicted octanol–water partition coefficient (Wildman–Crippen LogP) is 2.80. The van der Waals surface area contributed by atoms with Crippen LogP contribution < -0.4 is 10.0 Å². The molecule has 0 aliphatic rings. The van der Waals surface area contributed by atoms with Crippen molar-refractivity contribution in [2.45, 2.75) is 11.4 Å². The van der Waals surface area contributed by atoms with E-state index in [9.17, 15) is 18.0 Å². The number of carbonyl (C=O) groups is 2. The molecule has 0 aliphatic carbocycles. The van der Waals surface area contributed by atoms with Gasteiger partial charge in [0, 0.05) is 11.3 Å². The normalized spacial score (nSPS) is 11.1. The molecule has 3 rings (SSSR count). The molecular formula is C20H18N2O6S. The van der Waals surface area contributed by atoms with Crippen molar-refractivity contribution < 1.29 is 27.2 Å². The van der Waals surface area contributed by atoms with E-state index in [-0.39, 0.29) is 22.6 Å². The third-order valence-electron chi connectivity index (χ3n) is 3.98. The summed E-state index contributed by atoms with van der Waals surface area (Å²) in [6.45, 7) is 0.0321. The number of anilines is 1. The standard InChI is InChI=1S/C20H18N2O6S/c1-27-20(24)15-5-2-4-14(12-15)19(23)22-16-7-9-18(10-8-16)29(25,26)21-13-17-6-3-11-28-17/h2-12,21H,13H2,1H3,(H,22,23). The molecule has 0 aliphatic heterocycles. The molecule has 0 unspecified atom stereocenters. The van der Waals surface area contributed by atoms with Gasteiger partial charge in [-0.2, -0.15) is 0 Å². The number of nitrogens with one attached hydrogen (secondary N) is 2. The van der Waals surface area contributed by atoms with Crippen molar-refractivity contribution in [2.24, 2.45) is 0 Å². The third kappa shape index (κ3) is 5.09. The van der Waals surface area contributed by atoms with Gasteiger partial charge in [-0.1, -0.05) is 6.07 Å². The molecule has 8 nitrogen and oxygen atoms in total. The summed E-state index contributed by atoms with van der Waals surface area (Å²) in [6.07, 6.45) is 1.46. The van der Waals surface area contributed by atoms with E-state index in [1.54, 1.807) is 24.3 Å². The number of carbonyl (C=O) groups excluding carboxylic acids is 2. The number of amides is 1. The summed E-state index contributed by atoms with van der Waals surface area (Å²) in [5.74, 6) is -0.495. The molecule has 0 saturated carbocycles. The first kappa shape index (κ1) is 20.3. The number of rotatable bonds is 7. The van der Waals surface area contributed by atoms with Gasteiger partial charge in [0.1, 0.15) is 5.76 Å². The van der Waals surface area contributed by atoms with Crippen molar-refractivity contribution in [3.8, 4) is 0 Å². The summed E-state index contributed by atoms with van der Waals surface area (Å²) in [4.78, 5) is 24.0. The molecule has 2 N–H and O–H groups in total. The van der Waals surface area contributed by atoms with Gasteiger partial charge in [0.15, 0.2) is 0 Å². The van der Waals surface area contributed by atoms with Crippen molar-refractivity contribution in [1.29, 1.82) is 0 Å². The van der Waals surface area contributed by atoms with Crippen LogP contribution in [0.3, 0.4) is 0 Å². The molecule has 0 bridgehead atoms. The van der Waals surface area contributed by atoms with E-state index in [0.717, 1.165) is 0 Å². The van der Waals surface area contributed by atoms with E-state index in [1.165, 1.54) is 49.8 Å². The smallest absolute Gasteiger partial charge is 0.337 e. The van der Waals surface area contributed by atoms with Gasteiger partial charge in [-0.3, -0.25) is 4.79 Å². The van der Waals surface area contributed by atoms with Crippen molar-refractivity contribution in [2.75, 3.05) is 12.4 Å². The number of methoxy groups -OCH3 is 1. The van der Waals surface area contributed by atoms with Crippen molar-refractivity contribution in [1.82, 2.24) is 4.72 Å². The average molecular weight is 414 g/mol. The van der Waals surface area contributed by atoms with Crippen molar-refractivity contribution >= 4 is 27.6 Å². The SMILES string of the molecule is COC(=O)c1cccc(C(=O)Nc2ccc(S(=O)(=O)NCc3ccco3)cc2)c1. The Bertz CT molecular complexity index is 1110. The van der Waals surface area contributed by atoms with E-state index in [4.69, 9.17) is 4.42 Å². The number of benzene rings is 2. The van der Waals surface area contributed by atoms with Gasteiger partial charge < -0.3 is 14.5 Å². The van der Waals surface area contributed by atoms with Crippen LogP contribution in [0.15, 0.2) is 76.2 Å². The molecule has 0 saturated heterocycles. The number of hydrogen-bond donors (Lipinski definition) is 2. The van der Waals surface area contributed by atoms with Crippen molar-refractivity contribution in [3.63, 3.8) is 0 Å². The minimum atomic E-state index is -3.73. The maximum atomic E-state index is 12.4. The van der Waals surface area contributed by atoms with Gasteiger partial charge in [-0.05, 0) is 54.6 Å². The van der Waals surface area contributed by atoms with Gasteiger partial charge in [0.2, 0.25) is 10.0 Å². The van der Waals surface area contributed by atoms with E-state index < -0.39 is 21.9 Å². The summed E-state index contributed by atoms with van der Waals surface area (Å²) in [5, 5.41) is 2.65. The van der Waals surface area contributed by atoms with E-state index in [1.807, 2.05) is 0 Å². The van der Waals surface area contributed by atoms with Crippen LogP contribution in [0.2, 0.25) is 0 Å². The first-order valence-corrected chi connectivity index (χ1v) is 9.99. The lowest BCUT2D eigenvalue weighted by molar-refractivity contribution is 0.0600. The second kappa shape index (κ2) is 8.72. The van der Waals surface area contributed by atoms with Crippen LogP contribution in [0.4, 0.5) is 5.69 Å². The zero-order valence-corrected chi connectivity index (χ0v) is 16.2. The maximum Gasteiger partial charge on any atom is 0.337 e. The Kier molecular flexibility index (Phi) is 6.10. The Labute approximate surface area is 167 Å². The fourth-order valence-electron chi connectivity index (χ4n) is 2.49. The van der Waals surface area contributed by atoms with Gasteiger partial charge in [-0.15, -0.1) is 0 Å². The first-order chi connectivity index (χ1) is 13.9. The van der Waals surface area contributed by atoms with Crippen LogP contribution >= 0.6 is 0 Å². The van der Waals surface area contributed by atoms with Crippen LogP contribution in [0.25, 0.3) is 0 Å². The van der Waals surface area contributed by atoms with E-state index >= 15 is 0 Å². The minimum Gasteiger partial charge on any atom is -0.468 e. The second-order valence-electron chi connectivity index (χ2n) is 5.95. The molecule has 2 aromatic carbocycles. The van der Waals surface area contributed by atoms with E-state index in [2.05, 4.69) is 14.8 Å². The lowest BCUT2D eigenvalue weighted by Gasteiger charge is -2.09. The molecule has 29 heavy (non-hydrogen) atoms. The number of furan rings is 1. The van der Waals surface area contributed by atoms with Crippen LogP contribution in [-0.2, 0) is 21.3 Å². The summed E-state index contributed by atoms with van der Waals surface area (Å²) >= 11 is 0. The largest absolute Gasteiger partial charge is 0.468 e. The minimum absolute atomic E-state index is 0.0321. The third-order valence-corrected chi connectivity index (χ3v) is 5.40. The number of hydrogen-bond acceptors (Lipinski definition) is 6. The fourth-order valence-corrected chi connectivity index (χ4v) is 3.48. The highest BCUT2D eigenvalue weighted by molar-refractivity contribution is 7.89.